The fourth-order valence-electron chi connectivity index (χ4n) is 3.52. The second kappa shape index (κ2) is 6.09. The van der Waals surface area contributed by atoms with Gasteiger partial charge in [-0.25, -0.2) is 4.79 Å². The van der Waals surface area contributed by atoms with E-state index in [-0.39, 0.29) is 12.1 Å². The van der Waals surface area contributed by atoms with E-state index in [0.29, 0.717) is 18.6 Å². The van der Waals surface area contributed by atoms with E-state index in [1.807, 2.05) is 0 Å². The van der Waals surface area contributed by atoms with Gasteiger partial charge < -0.3 is 15.4 Å². The highest BCUT2D eigenvalue weighted by Crippen LogP contribution is 2.22. The quantitative estimate of drug-likeness (QED) is 0.805. The first-order chi connectivity index (χ1) is 9.31. The lowest BCUT2D eigenvalue weighted by Crippen LogP contribution is -2.51. The summed E-state index contributed by atoms with van der Waals surface area (Å²) < 4.78 is 5.83. The van der Waals surface area contributed by atoms with E-state index in [0.717, 1.165) is 26.0 Å². The monoisotopic (exact) mass is 267 g/mol. The third-order valence-electron chi connectivity index (χ3n) is 4.64. The second-order valence-corrected chi connectivity index (χ2v) is 6.08. The first-order valence-electron chi connectivity index (χ1n) is 7.71. The third kappa shape index (κ3) is 3.39. The Labute approximate surface area is 115 Å². The predicted octanol–water partition coefficient (Wildman–Crippen LogP) is 1.09. The Morgan fingerprint density at radius 1 is 1.21 bits per heavy atom. The number of urea groups is 1. The SMILES string of the molecule is O=C(NCC1CN2CCCC2CO1)NC1CCCC1. The second-order valence-electron chi connectivity index (χ2n) is 6.08. The van der Waals surface area contributed by atoms with Gasteiger partial charge in [0, 0.05) is 25.2 Å². The number of hydrogen-bond donors (Lipinski definition) is 2. The van der Waals surface area contributed by atoms with Crippen LogP contribution in [0.3, 0.4) is 0 Å². The zero-order valence-electron chi connectivity index (χ0n) is 11.6. The Hall–Kier alpha value is -0.810. The van der Waals surface area contributed by atoms with Gasteiger partial charge in [-0.15, -0.1) is 0 Å². The molecule has 108 valence electrons. The Balaban J connectivity index is 1.36. The summed E-state index contributed by atoms with van der Waals surface area (Å²) in [5.41, 5.74) is 0. The molecule has 2 atom stereocenters. The zero-order valence-corrected chi connectivity index (χ0v) is 11.6. The minimum absolute atomic E-state index is 0.0287. The van der Waals surface area contributed by atoms with Gasteiger partial charge in [0.15, 0.2) is 0 Å². The fraction of sp³-hybridized carbons (Fsp3) is 0.929. The summed E-state index contributed by atoms with van der Waals surface area (Å²) >= 11 is 0. The number of rotatable bonds is 3. The first-order valence-corrected chi connectivity index (χ1v) is 7.71. The van der Waals surface area contributed by atoms with Gasteiger partial charge in [0.1, 0.15) is 0 Å². The van der Waals surface area contributed by atoms with Gasteiger partial charge in [-0.1, -0.05) is 12.8 Å². The Kier molecular flexibility index (Phi) is 4.23. The molecule has 5 heteroatoms. The molecular weight excluding hydrogens is 242 g/mol. The van der Waals surface area contributed by atoms with Gasteiger partial charge in [-0.3, -0.25) is 4.90 Å². The molecule has 2 amide bonds. The molecule has 5 nitrogen and oxygen atoms in total. The van der Waals surface area contributed by atoms with E-state index >= 15 is 0 Å². The van der Waals surface area contributed by atoms with Crippen LogP contribution in [0, 0.1) is 0 Å². The Bertz CT molecular complexity index is 318. The lowest BCUT2D eigenvalue weighted by molar-refractivity contribution is -0.0458. The molecule has 0 radical (unpaired) electrons. The van der Waals surface area contributed by atoms with E-state index in [9.17, 15) is 4.79 Å². The van der Waals surface area contributed by atoms with Crippen molar-refractivity contribution in [2.45, 2.75) is 56.7 Å². The molecular formula is C14H25N3O2. The highest BCUT2D eigenvalue weighted by Gasteiger charge is 2.32. The molecule has 0 aromatic rings. The maximum Gasteiger partial charge on any atom is 0.315 e. The molecule has 3 aliphatic rings. The summed E-state index contributed by atoms with van der Waals surface area (Å²) in [4.78, 5) is 14.3. The van der Waals surface area contributed by atoms with Crippen molar-refractivity contribution in [1.29, 1.82) is 0 Å². The molecule has 0 bridgehead atoms. The van der Waals surface area contributed by atoms with Crippen LogP contribution in [-0.2, 0) is 4.74 Å². The summed E-state index contributed by atoms with van der Waals surface area (Å²) in [5.74, 6) is 0. The number of nitrogens with zero attached hydrogens (tertiary/aromatic N) is 1. The smallest absolute Gasteiger partial charge is 0.315 e. The van der Waals surface area contributed by atoms with Crippen molar-refractivity contribution in [2.24, 2.45) is 0 Å². The lowest BCUT2D eigenvalue weighted by Gasteiger charge is -2.35. The minimum atomic E-state index is -0.0287. The predicted molar refractivity (Wildman–Crippen MR) is 73.1 cm³/mol. The molecule has 1 aliphatic carbocycles. The van der Waals surface area contributed by atoms with E-state index in [1.165, 1.54) is 32.2 Å². The van der Waals surface area contributed by atoms with Crippen LogP contribution in [0.2, 0.25) is 0 Å². The number of carbonyl (C=O) groups is 1. The average molecular weight is 267 g/mol. The first kappa shape index (κ1) is 13.2. The van der Waals surface area contributed by atoms with E-state index in [1.54, 1.807) is 0 Å². The molecule has 3 fully saturated rings. The van der Waals surface area contributed by atoms with Crippen LogP contribution < -0.4 is 10.6 Å². The van der Waals surface area contributed by atoms with Crippen molar-refractivity contribution < 1.29 is 9.53 Å². The lowest BCUT2D eigenvalue weighted by atomic mass is 10.2. The van der Waals surface area contributed by atoms with E-state index < -0.39 is 0 Å². The number of nitrogens with one attached hydrogen (secondary N) is 2. The number of ether oxygens (including phenoxy) is 1. The Morgan fingerprint density at radius 3 is 2.89 bits per heavy atom. The third-order valence-corrected chi connectivity index (χ3v) is 4.64. The van der Waals surface area contributed by atoms with Crippen molar-refractivity contribution in [3.8, 4) is 0 Å². The maximum atomic E-state index is 11.8. The normalized spacial score (nSPS) is 32.2. The maximum absolute atomic E-state index is 11.8. The van der Waals surface area contributed by atoms with Gasteiger partial charge in [0.25, 0.3) is 0 Å². The Morgan fingerprint density at radius 2 is 2.05 bits per heavy atom. The summed E-state index contributed by atoms with van der Waals surface area (Å²) in [5, 5.41) is 6.00. The van der Waals surface area contributed by atoms with Crippen LogP contribution in [0.25, 0.3) is 0 Å². The van der Waals surface area contributed by atoms with Crippen molar-refractivity contribution >= 4 is 6.03 Å². The topological polar surface area (TPSA) is 53.6 Å². The molecule has 2 aliphatic heterocycles. The molecule has 2 saturated heterocycles. The number of amides is 2. The van der Waals surface area contributed by atoms with Crippen molar-refractivity contribution in [3.05, 3.63) is 0 Å². The number of hydrogen-bond acceptors (Lipinski definition) is 3. The summed E-state index contributed by atoms with van der Waals surface area (Å²) in [7, 11) is 0. The molecule has 0 aromatic heterocycles. The average Bonchev–Trinajstić information content (AvgIpc) is 3.06. The molecule has 2 heterocycles. The summed E-state index contributed by atoms with van der Waals surface area (Å²) in [6.45, 7) is 3.62. The van der Waals surface area contributed by atoms with Gasteiger partial charge >= 0.3 is 6.03 Å². The fourth-order valence-corrected chi connectivity index (χ4v) is 3.52. The summed E-state index contributed by atoms with van der Waals surface area (Å²) in [6.07, 6.45) is 7.45. The summed E-state index contributed by atoms with van der Waals surface area (Å²) in [6, 6.07) is 0.984. The molecule has 19 heavy (non-hydrogen) atoms. The highest BCUT2D eigenvalue weighted by molar-refractivity contribution is 5.74. The van der Waals surface area contributed by atoms with Crippen LogP contribution in [0.5, 0.6) is 0 Å². The zero-order chi connectivity index (χ0) is 13.1. The van der Waals surface area contributed by atoms with Gasteiger partial charge in [0.2, 0.25) is 0 Å². The van der Waals surface area contributed by atoms with Crippen LogP contribution in [0.15, 0.2) is 0 Å². The van der Waals surface area contributed by atoms with Gasteiger partial charge in [0.05, 0.1) is 12.7 Å². The van der Waals surface area contributed by atoms with Gasteiger partial charge in [-0.2, -0.15) is 0 Å². The van der Waals surface area contributed by atoms with Crippen LogP contribution >= 0.6 is 0 Å². The van der Waals surface area contributed by atoms with Crippen molar-refractivity contribution in [3.63, 3.8) is 0 Å². The molecule has 0 aromatic carbocycles. The molecule has 2 N–H and O–H groups in total. The molecule has 2 unspecified atom stereocenters. The number of morpholine rings is 1. The van der Waals surface area contributed by atoms with Crippen LogP contribution in [0.4, 0.5) is 4.79 Å². The van der Waals surface area contributed by atoms with Crippen molar-refractivity contribution in [1.82, 2.24) is 15.5 Å². The molecule has 3 rings (SSSR count). The highest BCUT2D eigenvalue weighted by atomic mass is 16.5. The van der Waals surface area contributed by atoms with E-state index in [2.05, 4.69) is 15.5 Å². The van der Waals surface area contributed by atoms with Crippen LogP contribution in [-0.4, -0.2) is 55.4 Å². The standard InChI is InChI=1S/C14H25N3O2/c18-14(16-11-4-1-2-5-11)15-8-13-9-17-7-3-6-12(17)10-19-13/h11-13H,1-10H2,(H2,15,16,18). The van der Waals surface area contributed by atoms with Gasteiger partial charge in [-0.05, 0) is 32.2 Å². The molecule has 0 spiro atoms. The van der Waals surface area contributed by atoms with E-state index in [4.69, 9.17) is 4.74 Å². The molecule has 1 saturated carbocycles. The van der Waals surface area contributed by atoms with Crippen molar-refractivity contribution in [2.75, 3.05) is 26.2 Å². The minimum Gasteiger partial charge on any atom is -0.373 e. The number of carbonyl (C=O) groups excluding carboxylic acids is 1. The van der Waals surface area contributed by atoms with Crippen LogP contribution in [0.1, 0.15) is 38.5 Å². The largest absolute Gasteiger partial charge is 0.373 e. The number of fused-ring (bicyclic) bond motifs is 1.